The van der Waals surface area contributed by atoms with Gasteiger partial charge in [0, 0.05) is 16.4 Å². The van der Waals surface area contributed by atoms with E-state index < -0.39 is 20.7 Å². The predicted molar refractivity (Wildman–Crippen MR) is 90.9 cm³/mol. The fraction of sp³-hybridized carbons (Fsp3) is 0.125. The van der Waals surface area contributed by atoms with E-state index in [4.69, 9.17) is 16.0 Å². The Kier molecular flexibility index (Phi) is 5.05. The highest BCUT2D eigenvalue weighted by atomic mass is 35.5. The second kappa shape index (κ2) is 7.06. The summed E-state index contributed by atoms with van der Waals surface area (Å²) in [4.78, 5) is 0.439. The first kappa shape index (κ1) is 17.2. The lowest BCUT2D eigenvalue weighted by Gasteiger charge is -2.21. The molecule has 8 heteroatoms. The van der Waals surface area contributed by atoms with Crippen molar-refractivity contribution in [3.8, 4) is 0 Å². The lowest BCUT2D eigenvalue weighted by atomic mass is 10.3. The monoisotopic (exact) mass is 385 g/mol. The minimum absolute atomic E-state index is 0.00923. The maximum Gasteiger partial charge on any atom is 0.246 e. The van der Waals surface area contributed by atoms with Gasteiger partial charge in [-0.1, -0.05) is 17.7 Å². The fourth-order valence-electron chi connectivity index (χ4n) is 2.20. The number of hydrogen-bond donors (Lipinski definition) is 0. The molecule has 3 aromatic rings. The number of thiophene rings is 1. The quantitative estimate of drug-likeness (QED) is 0.626. The first-order chi connectivity index (χ1) is 11.5. The van der Waals surface area contributed by atoms with E-state index in [2.05, 4.69) is 0 Å². The van der Waals surface area contributed by atoms with Crippen LogP contribution in [-0.4, -0.2) is 12.7 Å². The minimum Gasteiger partial charge on any atom is -0.468 e. The Morgan fingerprint density at radius 2 is 2.00 bits per heavy atom. The maximum absolute atomic E-state index is 14.2. The van der Waals surface area contributed by atoms with Crippen molar-refractivity contribution in [3.05, 3.63) is 75.6 Å². The summed E-state index contributed by atoms with van der Waals surface area (Å²) in [5, 5.41) is 2.00. The van der Waals surface area contributed by atoms with Gasteiger partial charge in [-0.3, -0.25) is 0 Å². The lowest BCUT2D eigenvalue weighted by Crippen LogP contribution is -2.30. The Morgan fingerprint density at radius 3 is 2.62 bits per heavy atom. The molecule has 2 aromatic heterocycles. The number of sulfonamides is 1. The van der Waals surface area contributed by atoms with Gasteiger partial charge in [-0.2, -0.15) is 4.31 Å². The summed E-state index contributed by atoms with van der Waals surface area (Å²) >= 11 is 7.15. The van der Waals surface area contributed by atoms with Crippen LogP contribution in [-0.2, 0) is 23.1 Å². The average Bonchev–Trinajstić information content (AvgIpc) is 3.19. The smallest absolute Gasteiger partial charge is 0.246 e. The number of benzene rings is 1. The SMILES string of the molecule is O=S(=O)(c1ccc(Cl)cc1F)N(Cc1ccco1)Cc1cccs1. The molecule has 24 heavy (non-hydrogen) atoms. The Bertz CT molecular complexity index is 873. The molecule has 4 nitrogen and oxygen atoms in total. The Hall–Kier alpha value is -1.67. The molecule has 0 bridgehead atoms. The summed E-state index contributed by atoms with van der Waals surface area (Å²) in [6, 6.07) is 10.5. The van der Waals surface area contributed by atoms with Gasteiger partial charge < -0.3 is 4.42 Å². The molecule has 0 aliphatic heterocycles. The standard InChI is InChI=1S/C16H13ClFNO3S2/c17-12-5-6-16(15(18)9-12)24(20,21)19(10-13-3-1-7-22-13)11-14-4-2-8-23-14/h1-9H,10-11H2. The molecule has 2 heterocycles. The average molecular weight is 386 g/mol. The zero-order valence-corrected chi connectivity index (χ0v) is 14.7. The summed E-state index contributed by atoms with van der Waals surface area (Å²) in [5.41, 5.74) is 0. The van der Waals surface area contributed by atoms with Gasteiger partial charge in [0.05, 0.1) is 12.8 Å². The highest BCUT2D eigenvalue weighted by Gasteiger charge is 2.29. The van der Waals surface area contributed by atoms with E-state index in [0.717, 1.165) is 10.9 Å². The van der Waals surface area contributed by atoms with Crippen LogP contribution < -0.4 is 0 Å². The first-order valence-electron chi connectivity index (χ1n) is 6.97. The fourth-order valence-corrected chi connectivity index (χ4v) is 4.59. The van der Waals surface area contributed by atoms with Crippen molar-refractivity contribution >= 4 is 33.0 Å². The van der Waals surface area contributed by atoms with Crippen LogP contribution >= 0.6 is 22.9 Å². The maximum atomic E-state index is 14.2. The summed E-state index contributed by atoms with van der Waals surface area (Å²) in [7, 11) is -4.05. The molecule has 0 amide bonds. The van der Waals surface area contributed by atoms with Crippen LogP contribution in [0.3, 0.4) is 0 Å². The number of nitrogens with zero attached hydrogens (tertiary/aromatic N) is 1. The Balaban J connectivity index is 1.99. The van der Waals surface area contributed by atoms with Crippen LogP contribution in [0.2, 0.25) is 5.02 Å². The lowest BCUT2D eigenvalue weighted by molar-refractivity contribution is 0.358. The third-order valence-corrected chi connectivity index (χ3v) is 6.26. The molecule has 0 atom stereocenters. The minimum atomic E-state index is -4.05. The van der Waals surface area contributed by atoms with Crippen molar-refractivity contribution in [2.45, 2.75) is 18.0 Å². The normalized spacial score (nSPS) is 12.0. The highest BCUT2D eigenvalue weighted by Crippen LogP contribution is 2.26. The Morgan fingerprint density at radius 1 is 1.17 bits per heavy atom. The van der Waals surface area contributed by atoms with Crippen LogP contribution in [0.25, 0.3) is 0 Å². The largest absolute Gasteiger partial charge is 0.468 e. The van der Waals surface area contributed by atoms with Crippen molar-refractivity contribution in [3.63, 3.8) is 0 Å². The van der Waals surface area contributed by atoms with Crippen molar-refractivity contribution in [2.24, 2.45) is 0 Å². The second-order valence-electron chi connectivity index (χ2n) is 5.01. The third-order valence-electron chi connectivity index (χ3n) is 3.34. The zero-order valence-electron chi connectivity index (χ0n) is 12.4. The summed E-state index contributed by atoms with van der Waals surface area (Å²) in [6.45, 7) is 0.137. The van der Waals surface area contributed by atoms with Crippen molar-refractivity contribution in [1.82, 2.24) is 4.31 Å². The second-order valence-corrected chi connectivity index (χ2v) is 8.38. The molecule has 0 saturated heterocycles. The van der Waals surface area contributed by atoms with Crippen molar-refractivity contribution in [2.75, 3.05) is 0 Å². The highest BCUT2D eigenvalue weighted by molar-refractivity contribution is 7.89. The number of hydrogen-bond acceptors (Lipinski definition) is 4. The topological polar surface area (TPSA) is 50.5 Å². The van der Waals surface area contributed by atoms with Gasteiger partial charge in [0.2, 0.25) is 10.0 Å². The summed E-state index contributed by atoms with van der Waals surface area (Å²) < 4.78 is 46.4. The summed E-state index contributed by atoms with van der Waals surface area (Å²) in [6.07, 6.45) is 1.47. The van der Waals surface area contributed by atoms with Gasteiger partial charge in [0.15, 0.2) is 0 Å². The molecule has 1 aromatic carbocycles. The summed E-state index contributed by atoms with van der Waals surface area (Å²) in [5.74, 6) is -0.400. The molecule has 0 unspecified atom stereocenters. The van der Waals surface area contributed by atoms with Gasteiger partial charge in [-0.15, -0.1) is 11.3 Å². The van der Waals surface area contributed by atoms with Crippen molar-refractivity contribution in [1.29, 1.82) is 0 Å². The molecule has 0 saturated carbocycles. The van der Waals surface area contributed by atoms with E-state index in [-0.39, 0.29) is 18.1 Å². The molecule has 0 aliphatic carbocycles. The molecular formula is C16H13ClFNO3S2. The van der Waals surface area contributed by atoms with E-state index in [0.29, 0.717) is 5.76 Å². The molecule has 0 spiro atoms. The van der Waals surface area contributed by atoms with Crippen LogP contribution in [0.4, 0.5) is 4.39 Å². The molecule has 0 N–H and O–H groups in total. The molecule has 0 radical (unpaired) electrons. The van der Waals surface area contributed by atoms with Crippen LogP contribution in [0, 0.1) is 5.82 Å². The van der Waals surface area contributed by atoms with E-state index in [1.807, 2.05) is 17.5 Å². The van der Waals surface area contributed by atoms with E-state index >= 15 is 0 Å². The van der Waals surface area contributed by atoms with Crippen molar-refractivity contribution < 1.29 is 17.2 Å². The van der Waals surface area contributed by atoms with E-state index in [1.165, 1.54) is 34.0 Å². The number of rotatable bonds is 6. The van der Waals surface area contributed by atoms with Crippen LogP contribution in [0.1, 0.15) is 10.6 Å². The first-order valence-corrected chi connectivity index (χ1v) is 9.66. The third kappa shape index (κ3) is 3.70. The van der Waals surface area contributed by atoms with E-state index in [9.17, 15) is 12.8 Å². The van der Waals surface area contributed by atoms with Crippen LogP contribution in [0.15, 0.2) is 63.4 Å². The number of furan rings is 1. The molecule has 0 aliphatic rings. The van der Waals surface area contributed by atoms with Gasteiger partial charge in [-0.05, 0) is 41.8 Å². The number of halogens is 2. The van der Waals surface area contributed by atoms with E-state index in [1.54, 1.807) is 12.1 Å². The Labute approximate surface area is 148 Å². The van der Waals surface area contributed by atoms with Gasteiger partial charge in [0.1, 0.15) is 16.5 Å². The predicted octanol–water partition coefficient (Wildman–Crippen LogP) is 4.52. The molecular weight excluding hydrogens is 373 g/mol. The molecule has 3 rings (SSSR count). The van der Waals surface area contributed by atoms with Gasteiger partial charge in [0.25, 0.3) is 0 Å². The zero-order chi connectivity index (χ0) is 17.2. The van der Waals surface area contributed by atoms with Gasteiger partial charge >= 0.3 is 0 Å². The van der Waals surface area contributed by atoms with Gasteiger partial charge in [-0.25, -0.2) is 12.8 Å². The molecule has 126 valence electrons. The van der Waals surface area contributed by atoms with Crippen LogP contribution in [0.5, 0.6) is 0 Å². The molecule has 0 fully saturated rings.